The molecule has 0 bridgehead atoms. The average Bonchev–Trinajstić information content (AvgIpc) is 2.75. The van der Waals surface area contributed by atoms with Crippen molar-refractivity contribution in [3.63, 3.8) is 0 Å². The van der Waals surface area contributed by atoms with Gasteiger partial charge >= 0.3 is 0 Å². The largest absolute Gasteiger partial charge is 0.497 e. The first kappa shape index (κ1) is 12.3. The Bertz CT molecular complexity index is 570. The van der Waals surface area contributed by atoms with Gasteiger partial charge in [0.15, 0.2) is 0 Å². The van der Waals surface area contributed by atoms with Crippen molar-refractivity contribution >= 4 is 17.0 Å². The summed E-state index contributed by atoms with van der Waals surface area (Å²) in [6, 6.07) is 5.98. The molecule has 1 aromatic heterocycles. The summed E-state index contributed by atoms with van der Waals surface area (Å²) in [4.78, 5) is 4.45. The van der Waals surface area contributed by atoms with Crippen molar-refractivity contribution in [3.8, 4) is 5.75 Å². The van der Waals surface area contributed by atoms with E-state index in [0.29, 0.717) is 5.95 Å². The Labute approximate surface area is 113 Å². The fourth-order valence-electron chi connectivity index (χ4n) is 3.07. The Balaban J connectivity index is 1.91. The van der Waals surface area contributed by atoms with E-state index in [4.69, 9.17) is 10.5 Å². The van der Waals surface area contributed by atoms with Crippen molar-refractivity contribution in [3.05, 3.63) is 18.2 Å². The number of rotatable bonds is 3. The minimum atomic E-state index is 0.619. The molecule has 1 aliphatic rings. The highest BCUT2D eigenvalue weighted by atomic mass is 16.5. The van der Waals surface area contributed by atoms with E-state index in [1.165, 1.54) is 32.1 Å². The highest BCUT2D eigenvalue weighted by Crippen LogP contribution is 2.29. The van der Waals surface area contributed by atoms with Crippen molar-refractivity contribution in [2.24, 2.45) is 5.92 Å². The second-order valence-corrected chi connectivity index (χ2v) is 5.44. The quantitative estimate of drug-likeness (QED) is 0.920. The molecule has 3 rings (SSSR count). The maximum atomic E-state index is 6.07. The number of nitrogen functional groups attached to an aromatic ring is 1. The minimum Gasteiger partial charge on any atom is -0.497 e. The molecule has 0 amide bonds. The third-order valence-electron chi connectivity index (χ3n) is 4.15. The lowest BCUT2D eigenvalue weighted by Gasteiger charge is -2.22. The topological polar surface area (TPSA) is 53.1 Å². The molecule has 2 aromatic rings. The number of methoxy groups -OCH3 is 1. The number of anilines is 1. The number of hydrogen-bond donors (Lipinski definition) is 1. The van der Waals surface area contributed by atoms with Gasteiger partial charge in [0.1, 0.15) is 5.75 Å². The predicted molar refractivity (Wildman–Crippen MR) is 77.3 cm³/mol. The Morgan fingerprint density at radius 2 is 2.11 bits per heavy atom. The molecule has 0 aliphatic heterocycles. The molecule has 0 saturated heterocycles. The van der Waals surface area contributed by atoms with Gasteiger partial charge in [-0.1, -0.05) is 19.3 Å². The van der Waals surface area contributed by atoms with Crippen molar-refractivity contribution in [1.82, 2.24) is 9.55 Å². The molecule has 0 unspecified atom stereocenters. The first-order valence-corrected chi connectivity index (χ1v) is 7.07. The van der Waals surface area contributed by atoms with E-state index in [9.17, 15) is 0 Å². The van der Waals surface area contributed by atoms with E-state index in [-0.39, 0.29) is 0 Å². The van der Waals surface area contributed by atoms with Crippen LogP contribution in [0.2, 0.25) is 0 Å². The molecule has 0 spiro atoms. The zero-order valence-corrected chi connectivity index (χ0v) is 11.4. The van der Waals surface area contributed by atoms with E-state index in [2.05, 4.69) is 15.6 Å². The summed E-state index contributed by atoms with van der Waals surface area (Å²) in [7, 11) is 1.67. The summed E-state index contributed by atoms with van der Waals surface area (Å²) >= 11 is 0. The first-order valence-electron chi connectivity index (χ1n) is 7.07. The van der Waals surface area contributed by atoms with Crippen molar-refractivity contribution in [2.75, 3.05) is 12.8 Å². The summed E-state index contributed by atoms with van der Waals surface area (Å²) in [6.45, 7) is 0.995. The van der Waals surface area contributed by atoms with E-state index in [1.807, 2.05) is 12.1 Å². The molecule has 19 heavy (non-hydrogen) atoms. The molecule has 1 aliphatic carbocycles. The average molecular weight is 259 g/mol. The van der Waals surface area contributed by atoms with Crippen LogP contribution in [-0.4, -0.2) is 16.7 Å². The number of fused-ring (bicyclic) bond motifs is 1. The van der Waals surface area contributed by atoms with Gasteiger partial charge in [0, 0.05) is 12.6 Å². The molecule has 1 saturated carbocycles. The van der Waals surface area contributed by atoms with E-state index < -0.39 is 0 Å². The Hall–Kier alpha value is -1.71. The van der Waals surface area contributed by atoms with Crippen LogP contribution in [0.5, 0.6) is 5.75 Å². The fourth-order valence-corrected chi connectivity index (χ4v) is 3.07. The molecule has 0 atom stereocenters. The van der Waals surface area contributed by atoms with Crippen LogP contribution in [0.15, 0.2) is 18.2 Å². The SMILES string of the molecule is COc1ccc2c(c1)nc(N)n2CC1CCCCC1. The number of nitrogens with two attached hydrogens (primary N) is 1. The number of benzene rings is 1. The van der Waals surface area contributed by atoms with Crippen LogP contribution in [0, 0.1) is 5.92 Å². The zero-order valence-electron chi connectivity index (χ0n) is 11.4. The Morgan fingerprint density at radius 3 is 2.84 bits per heavy atom. The molecule has 0 radical (unpaired) electrons. The number of aromatic nitrogens is 2. The smallest absolute Gasteiger partial charge is 0.201 e. The van der Waals surface area contributed by atoms with Crippen LogP contribution in [0.25, 0.3) is 11.0 Å². The number of hydrogen-bond acceptors (Lipinski definition) is 3. The van der Waals surface area contributed by atoms with Gasteiger partial charge in [-0.15, -0.1) is 0 Å². The number of ether oxygens (including phenoxy) is 1. The second-order valence-electron chi connectivity index (χ2n) is 5.44. The molecular formula is C15H21N3O. The summed E-state index contributed by atoms with van der Waals surface area (Å²) in [5.74, 6) is 2.19. The summed E-state index contributed by atoms with van der Waals surface area (Å²) in [6.07, 6.45) is 6.72. The fraction of sp³-hybridized carbons (Fsp3) is 0.533. The van der Waals surface area contributed by atoms with Gasteiger partial charge in [0.25, 0.3) is 0 Å². The van der Waals surface area contributed by atoms with Gasteiger partial charge in [-0.3, -0.25) is 0 Å². The van der Waals surface area contributed by atoms with Crippen molar-refractivity contribution in [2.45, 2.75) is 38.6 Å². The van der Waals surface area contributed by atoms with Crippen LogP contribution in [-0.2, 0) is 6.54 Å². The summed E-state index contributed by atoms with van der Waals surface area (Å²) < 4.78 is 7.39. The Morgan fingerprint density at radius 1 is 1.32 bits per heavy atom. The number of imidazole rings is 1. The van der Waals surface area contributed by atoms with Crippen molar-refractivity contribution < 1.29 is 4.74 Å². The molecule has 1 fully saturated rings. The van der Waals surface area contributed by atoms with Crippen LogP contribution < -0.4 is 10.5 Å². The monoisotopic (exact) mass is 259 g/mol. The van der Waals surface area contributed by atoms with Gasteiger partial charge in [0.05, 0.1) is 18.1 Å². The minimum absolute atomic E-state index is 0.619. The molecule has 102 valence electrons. The lowest BCUT2D eigenvalue weighted by atomic mass is 9.89. The highest BCUT2D eigenvalue weighted by molar-refractivity contribution is 5.79. The van der Waals surface area contributed by atoms with Crippen molar-refractivity contribution in [1.29, 1.82) is 0 Å². The summed E-state index contributed by atoms with van der Waals surface area (Å²) in [5, 5.41) is 0. The van der Waals surface area contributed by atoms with Crippen LogP contribution >= 0.6 is 0 Å². The molecule has 2 N–H and O–H groups in total. The molecular weight excluding hydrogens is 238 g/mol. The van der Waals surface area contributed by atoms with E-state index in [0.717, 1.165) is 29.2 Å². The van der Waals surface area contributed by atoms with Gasteiger partial charge in [0.2, 0.25) is 5.95 Å². The van der Waals surface area contributed by atoms with Gasteiger partial charge in [-0.2, -0.15) is 0 Å². The molecule has 4 nitrogen and oxygen atoms in total. The van der Waals surface area contributed by atoms with Gasteiger partial charge in [-0.05, 0) is 30.9 Å². The van der Waals surface area contributed by atoms with Gasteiger partial charge < -0.3 is 15.0 Å². The Kier molecular flexibility index (Phi) is 3.32. The normalized spacial score (nSPS) is 16.9. The first-order chi connectivity index (χ1) is 9.28. The third kappa shape index (κ3) is 2.39. The van der Waals surface area contributed by atoms with Crippen LogP contribution in [0.1, 0.15) is 32.1 Å². The predicted octanol–water partition coefficient (Wildman–Crippen LogP) is 3.21. The molecule has 4 heteroatoms. The lowest BCUT2D eigenvalue weighted by molar-refractivity contribution is 0.323. The molecule has 1 aromatic carbocycles. The highest BCUT2D eigenvalue weighted by Gasteiger charge is 2.17. The maximum absolute atomic E-state index is 6.07. The summed E-state index contributed by atoms with van der Waals surface area (Å²) in [5.41, 5.74) is 8.11. The van der Waals surface area contributed by atoms with E-state index in [1.54, 1.807) is 7.11 Å². The number of nitrogens with zero attached hydrogens (tertiary/aromatic N) is 2. The van der Waals surface area contributed by atoms with Crippen LogP contribution in [0.3, 0.4) is 0 Å². The van der Waals surface area contributed by atoms with E-state index >= 15 is 0 Å². The van der Waals surface area contributed by atoms with Gasteiger partial charge in [-0.25, -0.2) is 4.98 Å². The molecule has 1 heterocycles. The maximum Gasteiger partial charge on any atom is 0.201 e. The third-order valence-corrected chi connectivity index (χ3v) is 4.15. The standard InChI is InChI=1S/C15H21N3O/c1-19-12-7-8-14-13(9-12)17-15(16)18(14)10-11-5-3-2-4-6-11/h7-9,11H,2-6,10H2,1H3,(H2,16,17). The van der Waals surface area contributed by atoms with Crippen LogP contribution in [0.4, 0.5) is 5.95 Å². The zero-order chi connectivity index (χ0) is 13.2. The second kappa shape index (κ2) is 5.11. The lowest BCUT2D eigenvalue weighted by Crippen LogP contribution is -2.15.